The summed E-state index contributed by atoms with van der Waals surface area (Å²) < 4.78 is 6.20. The van der Waals surface area contributed by atoms with E-state index in [1.54, 1.807) is 0 Å². The van der Waals surface area contributed by atoms with Crippen LogP contribution in [0.4, 0.5) is 0 Å². The number of aromatic nitrogens is 2. The number of piperidine rings is 1. The number of aryl methyl sites for hydroxylation is 1. The zero-order valence-electron chi connectivity index (χ0n) is 18.6. The Bertz CT molecular complexity index is 919. The molecule has 30 heavy (non-hydrogen) atoms. The number of nitrogens with zero attached hydrogens (tertiary/aromatic N) is 2. The van der Waals surface area contributed by atoms with Crippen molar-refractivity contribution in [3.63, 3.8) is 0 Å². The van der Waals surface area contributed by atoms with Crippen molar-refractivity contribution in [1.82, 2.24) is 20.6 Å². The lowest BCUT2D eigenvalue weighted by Gasteiger charge is -2.46. The fraction of sp³-hybridized carbons (Fsp3) is 0.417. The van der Waals surface area contributed by atoms with Gasteiger partial charge in [-0.15, -0.1) is 10.2 Å². The Hall–Kier alpha value is -2.23. The zero-order chi connectivity index (χ0) is 21.9. The van der Waals surface area contributed by atoms with Gasteiger partial charge in [-0.1, -0.05) is 30.9 Å². The Morgan fingerprint density at radius 3 is 2.40 bits per heavy atom. The highest BCUT2D eigenvalue weighted by molar-refractivity contribution is 7.13. The fourth-order valence-corrected chi connectivity index (χ4v) is 4.67. The van der Waals surface area contributed by atoms with Crippen molar-refractivity contribution in [1.29, 1.82) is 0 Å². The molecule has 1 fully saturated rings. The lowest BCUT2D eigenvalue weighted by molar-refractivity contribution is 0.0524. The molecule has 0 bridgehead atoms. The molecule has 0 radical (unpaired) electrons. The molecule has 0 spiro atoms. The molecular formula is C24H33N4OP. The van der Waals surface area contributed by atoms with Gasteiger partial charge < -0.3 is 15.1 Å². The second-order valence-electron chi connectivity index (χ2n) is 9.30. The number of hydrogen-bond acceptors (Lipinski definition) is 5. The molecule has 3 rings (SSSR count). The summed E-state index contributed by atoms with van der Waals surface area (Å²) in [4.78, 5) is 0. The van der Waals surface area contributed by atoms with Crippen LogP contribution in [0.25, 0.3) is 16.8 Å². The monoisotopic (exact) mass is 424 g/mol. The summed E-state index contributed by atoms with van der Waals surface area (Å²) in [6.45, 7) is 14.8. The maximum absolute atomic E-state index is 6.20. The van der Waals surface area contributed by atoms with Crippen LogP contribution in [0, 0.1) is 6.92 Å². The Balaban J connectivity index is 1.76. The van der Waals surface area contributed by atoms with Crippen LogP contribution >= 0.6 is 9.39 Å². The van der Waals surface area contributed by atoms with E-state index < -0.39 is 0 Å². The van der Waals surface area contributed by atoms with E-state index in [1.165, 1.54) is 0 Å². The van der Waals surface area contributed by atoms with Crippen molar-refractivity contribution >= 4 is 15.0 Å². The van der Waals surface area contributed by atoms with E-state index in [1.807, 2.05) is 24.4 Å². The normalized spacial score (nSPS) is 18.7. The lowest BCUT2D eigenvalue weighted by Crippen LogP contribution is -2.60. The number of allylic oxidation sites excluding steroid dienone is 2. The molecule has 0 saturated carbocycles. The van der Waals surface area contributed by atoms with Gasteiger partial charge in [-0.3, -0.25) is 0 Å². The van der Waals surface area contributed by atoms with Crippen molar-refractivity contribution in [2.24, 2.45) is 0 Å². The quantitative estimate of drug-likeness (QED) is 0.502. The number of ether oxygens (including phenoxy) is 1. The van der Waals surface area contributed by atoms with Crippen LogP contribution in [0.2, 0.25) is 0 Å². The minimum absolute atomic E-state index is 0.0311. The number of benzene rings is 1. The minimum Gasteiger partial charge on any atom is -0.473 e. The zero-order valence-corrected chi connectivity index (χ0v) is 19.8. The largest absolute Gasteiger partial charge is 0.473 e. The molecular weight excluding hydrogens is 391 g/mol. The predicted molar refractivity (Wildman–Crippen MR) is 128 cm³/mol. The Kier molecular flexibility index (Phi) is 6.64. The van der Waals surface area contributed by atoms with Crippen LogP contribution in [0.3, 0.4) is 0 Å². The molecule has 1 aliphatic rings. The van der Waals surface area contributed by atoms with Gasteiger partial charge in [0.15, 0.2) is 0 Å². The van der Waals surface area contributed by atoms with Crippen LogP contribution in [0.5, 0.6) is 5.88 Å². The standard InChI is InChI=1S/C24H33N4OP/c1-7-17(15-25-30)18-8-9-20(16(2)12-18)21-10-11-22(27-26-21)29-19-13-23(3,4)28-24(5,6)14-19/h7-12,15,19,25,28H,1,13-14,30H2,2-6H3/b17-15+. The van der Waals surface area contributed by atoms with Gasteiger partial charge in [-0.2, -0.15) is 0 Å². The van der Waals surface area contributed by atoms with Gasteiger partial charge in [0, 0.05) is 41.7 Å². The second kappa shape index (κ2) is 8.87. The summed E-state index contributed by atoms with van der Waals surface area (Å²) in [5.41, 5.74) is 5.23. The Labute approximate surface area is 182 Å². The summed E-state index contributed by atoms with van der Waals surface area (Å²) in [6, 6.07) is 10.2. The molecule has 0 amide bonds. The van der Waals surface area contributed by atoms with E-state index in [0.717, 1.165) is 40.8 Å². The molecule has 1 aromatic heterocycles. The van der Waals surface area contributed by atoms with Crippen molar-refractivity contribution in [3.8, 4) is 17.1 Å². The van der Waals surface area contributed by atoms with Gasteiger partial charge in [0.25, 0.3) is 0 Å². The Morgan fingerprint density at radius 1 is 1.17 bits per heavy atom. The molecule has 2 N–H and O–H groups in total. The van der Waals surface area contributed by atoms with E-state index in [2.05, 4.69) is 89.4 Å². The summed E-state index contributed by atoms with van der Waals surface area (Å²) in [5, 5.41) is 15.4. The molecule has 1 aromatic carbocycles. The topological polar surface area (TPSA) is 59.1 Å². The van der Waals surface area contributed by atoms with Crippen LogP contribution < -0.4 is 15.1 Å². The molecule has 1 aliphatic heterocycles. The molecule has 0 aliphatic carbocycles. The van der Waals surface area contributed by atoms with Crippen LogP contribution in [-0.2, 0) is 0 Å². The van der Waals surface area contributed by atoms with Crippen molar-refractivity contribution in [2.45, 2.75) is 64.6 Å². The van der Waals surface area contributed by atoms with Crippen molar-refractivity contribution in [2.75, 3.05) is 0 Å². The van der Waals surface area contributed by atoms with Crippen LogP contribution in [0.1, 0.15) is 51.7 Å². The highest BCUT2D eigenvalue weighted by Crippen LogP contribution is 2.31. The third-order valence-electron chi connectivity index (χ3n) is 5.37. The molecule has 160 valence electrons. The van der Waals surface area contributed by atoms with Crippen LogP contribution in [-0.4, -0.2) is 27.4 Å². The molecule has 2 aromatic rings. The summed E-state index contributed by atoms with van der Waals surface area (Å²) >= 11 is 0. The number of hydrogen-bond donors (Lipinski definition) is 2. The van der Waals surface area contributed by atoms with E-state index in [-0.39, 0.29) is 17.2 Å². The highest BCUT2D eigenvalue weighted by Gasteiger charge is 2.38. The van der Waals surface area contributed by atoms with Gasteiger partial charge in [-0.25, -0.2) is 0 Å². The van der Waals surface area contributed by atoms with E-state index in [9.17, 15) is 0 Å². The van der Waals surface area contributed by atoms with Gasteiger partial charge in [-0.05, 0) is 66.8 Å². The molecule has 2 heterocycles. The maximum atomic E-state index is 6.20. The third kappa shape index (κ3) is 5.47. The maximum Gasteiger partial charge on any atom is 0.233 e. The molecule has 1 unspecified atom stereocenters. The van der Waals surface area contributed by atoms with Gasteiger partial charge in [0.05, 0.1) is 5.69 Å². The second-order valence-corrected chi connectivity index (χ2v) is 9.63. The first-order chi connectivity index (χ1) is 14.1. The molecule has 1 atom stereocenters. The third-order valence-corrected chi connectivity index (χ3v) is 5.54. The first-order valence-electron chi connectivity index (χ1n) is 10.3. The number of rotatable bonds is 6. The van der Waals surface area contributed by atoms with Crippen molar-refractivity contribution in [3.05, 3.63) is 60.3 Å². The fourth-order valence-electron chi connectivity index (χ4n) is 4.49. The average Bonchev–Trinajstić information content (AvgIpc) is 2.64. The first kappa shape index (κ1) is 22.5. The van der Waals surface area contributed by atoms with Crippen molar-refractivity contribution < 1.29 is 4.74 Å². The van der Waals surface area contributed by atoms with Crippen LogP contribution in [0.15, 0.2) is 49.2 Å². The minimum atomic E-state index is 0.0311. The highest BCUT2D eigenvalue weighted by atomic mass is 31.0. The smallest absolute Gasteiger partial charge is 0.233 e. The first-order valence-corrected chi connectivity index (χ1v) is 10.9. The summed E-state index contributed by atoms with van der Waals surface area (Å²) in [7, 11) is 2.47. The predicted octanol–water partition coefficient (Wildman–Crippen LogP) is 5.05. The average molecular weight is 425 g/mol. The van der Waals surface area contributed by atoms with Gasteiger partial charge >= 0.3 is 0 Å². The van der Waals surface area contributed by atoms with Gasteiger partial charge in [0.1, 0.15) is 6.10 Å². The van der Waals surface area contributed by atoms with E-state index in [4.69, 9.17) is 4.74 Å². The SMILES string of the molecule is C=C/C(=C\NP)c1ccc(-c2ccc(OC3CC(C)(C)NC(C)(C)C3)nn2)c(C)c1. The summed E-state index contributed by atoms with van der Waals surface area (Å²) in [5.74, 6) is 0.579. The van der Waals surface area contributed by atoms with Gasteiger partial charge in [0.2, 0.25) is 5.88 Å². The molecule has 5 nitrogen and oxygen atoms in total. The molecule has 1 saturated heterocycles. The van der Waals surface area contributed by atoms with E-state index >= 15 is 0 Å². The lowest BCUT2D eigenvalue weighted by atomic mass is 9.81. The Morgan fingerprint density at radius 2 is 1.87 bits per heavy atom. The summed E-state index contributed by atoms with van der Waals surface area (Å²) in [6.07, 6.45) is 5.73. The van der Waals surface area contributed by atoms with E-state index in [0.29, 0.717) is 5.88 Å². The molecule has 6 heteroatoms. The number of nitrogens with one attached hydrogen (secondary N) is 2.